The summed E-state index contributed by atoms with van der Waals surface area (Å²) in [4.78, 5) is -0.0739. The Hall–Kier alpha value is -1.23. The van der Waals surface area contributed by atoms with E-state index in [0.29, 0.717) is 12.8 Å². The molecule has 0 aliphatic carbocycles. The topological polar surface area (TPSA) is 128 Å². The molecule has 0 radical (unpaired) electrons. The average Bonchev–Trinajstić information content (AvgIpc) is 2.76. The van der Waals surface area contributed by atoms with E-state index >= 15 is 0 Å². The largest absolute Gasteiger partial charge is 0.507 e. The summed E-state index contributed by atoms with van der Waals surface area (Å²) in [5, 5.41) is 20.4. The van der Waals surface area contributed by atoms with Crippen LogP contribution in [0.3, 0.4) is 0 Å². The Balaban J connectivity index is 2.21. The van der Waals surface area contributed by atoms with E-state index in [1.807, 2.05) is 6.92 Å². The minimum Gasteiger partial charge on any atom is -0.507 e. The van der Waals surface area contributed by atoms with Crippen molar-refractivity contribution in [2.24, 2.45) is 22.5 Å². The van der Waals surface area contributed by atoms with Crippen molar-refractivity contribution in [3.05, 3.63) is 23.8 Å². The van der Waals surface area contributed by atoms with Crippen LogP contribution in [-0.4, -0.2) is 49.6 Å². The molecule has 1 aliphatic rings. The van der Waals surface area contributed by atoms with Gasteiger partial charge in [0.15, 0.2) is 6.29 Å². The highest BCUT2D eigenvalue weighted by molar-refractivity contribution is 7.86. The number of phenols is 1. The Kier molecular flexibility index (Phi) is 9.69. The lowest BCUT2D eigenvalue weighted by atomic mass is 9.64. The zero-order valence-corrected chi connectivity index (χ0v) is 24.2. The molecule has 0 spiro atoms. The molecule has 2 rings (SSSR count). The smallest absolute Gasteiger partial charge is 0.296 e. The Morgan fingerprint density at radius 1 is 1.14 bits per heavy atom. The molecule has 1 fully saturated rings. The number of benzene rings is 1. The first-order valence-electron chi connectivity index (χ1n) is 12.7. The van der Waals surface area contributed by atoms with Crippen molar-refractivity contribution in [2.75, 3.05) is 7.11 Å². The van der Waals surface area contributed by atoms with Crippen LogP contribution in [-0.2, 0) is 23.8 Å². The second kappa shape index (κ2) is 11.3. The van der Waals surface area contributed by atoms with E-state index in [9.17, 15) is 18.6 Å². The zero-order chi connectivity index (χ0) is 27.7. The molecule has 0 amide bonds. The summed E-state index contributed by atoms with van der Waals surface area (Å²) in [7, 11) is -2.84. The van der Waals surface area contributed by atoms with Gasteiger partial charge < -0.3 is 25.4 Å². The molecule has 0 bridgehead atoms. The van der Waals surface area contributed by atoms with Crippen molar-refractivity contribution < 1.29 is 32.3 Å². The molecule has 9 heteroatoms. The summed E-state index contributed by atoms with van der Waals surface area (Å²) in [6.45, 7) is 16.6. The van der Waals surface area contributed by atoms with Crippen LogP contribution in [0.1, 0.15) is 92.9 Å². The summed E-state index contributed by atoms with van der Waals surface area (Å²) < 4.78 is 41.3. The maximum absolute atomic E-state index is 12.2. The number of phenolic OH excluding ortho intramolecular Hbond substituents is 1. The minimum absolute atomic E-state index is 0.0739. The number of hydrogen-bond acceptors (Lipinski definition) is 8. The van der Waals surface area contributed by atoms with E-state index in [4.69, 9.17) is 15.2 Å². The van der Waals surface area contributed by atoms with Gasteiger partial charge in [-0.25, -0.2) is 0 Å². The lowest BCUT2D eigenvalue weighted by molar-refractivity contribution is -0.260. The molecule has 208 valence electrons. The number of ether oxygens (including phenoxy) is 2. The summed E-state index contributed by atoms with van der Waals surface area (Å²) in [5.74, 6) is 0.0177. The monoisotopic (exact) mass is 529 g/mol. The van der Waals surface area contributed by atoms with E-state index in [0.717, 1.165) is 20.0 Å². The van der Waals surface area contributed by atoms with Crippen molar-refractivity contribution in [1.82, 2.24) is 0 Å². The predicted molar refractivity (Wildman–Crippen MR) is 140 cm³/mol. The van der Waals surface area contributed by atoms with Crippen LogP contribution in [0, 0.1) is 16.7 Å². The number of aliphatic hydroxyl groups is 1. The molecule has 6 atom stereocenters. The van der Waals surface area contributed by atoms with Gasteiger partial charge in [0, 0.05) is 12.0 Å². The summed E-state index contributed by atoms with van der Waals surface area (Å²) in [6.07, 6.45) is 1.28. The third kappa shape index (κ3) is 7.20. The number of rotatable bonds is 11. The van der Waals surface area contributed by atoms with Crippen molar-refractivity contribution >= 4 is 10.1 Å². The van der Waals surface area contributed by atoms with Gasteiger partial charge in [0.05, 0.1) is 35.9 Å². The van der Waals surface area contributed by atoms with Crippen LogP contribution in [0.25, 0.3) is 0 Å². The third-order valence-corrected chi connectivity index (χ3v) is 9.68. The number of hydrogen-bond donors (Lipinski definition) is 3. The van der Waals surface area contributed by atoms with Crippen molar-refractivity contribution in [2.45, 2.75) is 116 Å². The highest BCUT2D eigenvalue weighted by atomic mass is 32.2. The molecule has 1 aliphatic heterocycles. The SMILES string of the molecule is COS(=O)(=O)c1ccc(O)c(C2OC(C)CC(C(C)C(C)(C)CCC(C)(N)C(C)(C)CC(C)O)O2)c1. The van der Waals surface area contributed by atoms with Crippen LogP contribution in [0.2, 0.25) is 0 Å². The van der Waals surface area contributed by atoms with Gasteiger partial charge in [0.2, 0.25) is 0 Å². The van der Waals surface area contributed by atoms with Gasteiger partial charge in [0.25, 0.3) is 10.1 Å². The van der Waals surface area contributed by atoms with Crippen molar-refractivity contribution in [3.63, 3.8) is 0 Å². The first-order valence-corrected chi connectivity index (χ1v) is 14.2. The number of nitrogens with two attached hydrogens (primary N) is 1. The van der Waals surface area contributed by atoms with Gasteiger partial charge in [-0.15, -0.1) is 0 Å². The summed E-state index contributed by atoms with van der Waals surface area (Å²) in [6, 6.07) is 3.94. The molecule has 0 saturated carbocycles. The van der Waals surface area contributed by atoms with E-state index in [-0.39, 0.29) is 45.2 Å². The van der Waals surface area contributed by atoms with E-state index in [1.165, 1.54) is 18.2 Å². The molecule has 1 saturated heterocycles. The quantitative estimate of drug-likeness (QED) is 0.346. The lowest BCUT2D eigenvalue weighted by Gasteiger charge is -2.46. The first-order chi connectivity index (χ1) is 16.3. The standard InChI is InChI=1S/C27H47NO7S/c1-17(29)16-26(6,7)27(8,28)13-12-25(4,5)19(3)23-14-18(2)34-24(35-23)21-15-20(10-11-22(21)30)36(31,32)33-9/h10-11,15,17-19,23-24,29-30H,12-14,16,28H2,1-9H3. The molecule has 36 heavy (non-hydrogen) atoms. The minimum atomic E-state index is -3.93. The molecular formula is C27H47NO7S. The highest BCUT2D eigenvalue weighted by Gasteiger charge is 2.43. The van der Waals surface area contributed by atoms with Gasteiger partial charge in [-0.1, -0.05) is 34.6 Å². The van der Waals surface area contributed by atoms with E-state index in [2.05, 4.69) is 45.7 Å². The van der Waals surface area contributed by atoms with Crippen LogP contribution in [0.15, 0.2) is 23.1 Å². The Bertz CT molecular complexity index is 988. The predicted octanol–water partition coefficient (Wildman–Crippen LogP) is 4.88. The van der Waals surface area contributed by atoms with Crippen LogP contribution in [0.4, 0.5) is 0 Å². The first kappa shape index (κ1) is 31.0. The molecule has 4 N–H and O–H groups in total. The number of aliphatic hydroxyl groups excluding tert-OH is 1. The normalized spacial score (nSPS) is 25.2. The molecule has 1 aromatic carbocycles. The number of aromatic hydroxyl groups is 1. The van der Waals surface area contributed by atoms with Gasteiger partial charge in [-0.3, -0.25) is 4.18 Å². The average molecular weight is 530 g/mol. The van der Waals surface area contributed by atoms with Crippen LogP contribution in [0.5, 0.6) is 5.75 Å². The maximum Gasteiger partial charge on any atom is 0.296 e. The molecule has 1 heterocycles. The lowest BCUT2D eigenvalue weighted by Crippen LogP contribution is -2.52. The Morgan fingerprint density at radius 3 is 2.31 bits per heavy atom. The maximum atomic E-state index is 12.2. The Labute approximate surface area is 217 Å². The fourth-order valence-electron chi connectivity index (χ4n) is 4.90. The molecule has 0 aromatic heterocycles. The van der Waals surface area contributed by atoms with Crippen molar-refractivity contribution in [1.29, 1.82) is 0 Å². The second-order valence-corrected chi connectivity index (χ2v) is 13.9. The fraction of sp³-hybridized carbons (Fsp3) is 0.778. The molecular weight excluding hydrogens is 482 g/mol. The van der Waals surface area contributed by atoms with Gasteiger partial charge in [-0.05, 0) is 75.0 Å². The highest BCUT2D eigenvalue weighted by Crippen LogP contribution is 2.45. The van der Waals surface area contributed by atoms with E-state index < -0.39 is 28.1 Å². The van der Waals surface area contributed by atoms with E-state index in [1.54, 1.807) is 6.92 Å². The summed E-state index contributed by atoms with van der Waals surface area (Å²) >= 11 is 0. The summed E-state index contributed by atoms with van der Waals surface area (Å²) in [5.41, 5.74) is 6.20. The molecule has 1 aromatic rings. The third-order valence-electron chi connectivity index (χ3n) is 8.41. The molecule has 6 unspecified atom stereocenters. The zero-order valence-electron chi connectivity index (χ0n) is 23.4. The van der Waals surface area contributed by atoms with Gasteiger partial charge >= 0.3 is 0 Å². The van der Waals surface area contributed by atoms with Crippen LogP contribution >= 0.6 is 0 Å². The fourth-order valence-corrected chi connectivity index (χ4v) is 5.60. The van der Waals surface area contributed by atoms with Crippen molar-refractivity contribution in [3.8, 4) is 5.75 Å². The van der Waals surface area contributed by atoms with Gasteiger partial charge in [-0.2, -0.15) is 8.42 Å². The molecule has 8 nitrogen and oxygen atoms in total. The van der Waals surface area contributed by atoms with Gasteiger partial charge in [0.1, 0.15) is 5.75 Å². The van der Waals surface area contributed by atoms with Crippen LogP contribution < -0.4 is 5.73 Å². The Morgan fingerprint density at radius 2 is 1.75 bits per heavy atom. The second-order valence-electron chi connectivity index (χ2n) is 12.2.